The third-order valence-electron chi connectivity index (χ3n) is 3.59. The van der Waals surface area contributed by atoms with Crippen molar-refractivity contribution < 1.29 is 17.7 Å². The molecule has 0 saturated heterocycles. The summed E-state index contributed by atoms with van der Waals surface area (Å²) in [6.07, 6.45) is -4.24. The minimum absolute atomic E-state index is 0. The third-order valence-corrected chi connectivity index (χ3v) is 3.59. The summed E-state index contributed by atoms with van der Waals surface area (Å²) in [5.41, 5.74) is 6.71. The highest BCUT2D eigenvalue weighted by atomic mass is 35.5. The van der Waals surface area contributed by atoms with E-state index in [1.54, 1.807) is 24.3 Å². The van der Waals surface area contributed by atoms with Crippen LogP contribution in [0.25, 0.3) is 0 Å². The zero-order valence-corrected chi connectivity index (χ0v) is 14.7. The number of fused-ring (bicyclic) bond motifs is 1. The largest absolute Gasteiger partial charge is 0.405 e. The second-order valence-electron chi connectivity index (χ2n) is 5.26. The standard InChI is InChI=1S/C14H16F3N5O.2ClH/c15-14(16,17)9-22-6-5-21(10-3-1-2-4-11(10)22)8-12-19-13(7-18)23-20-12;;/h1-4H,5-9,18H2;2*1H. The van der Waals surface area contributed by atoms with Crippen LogP contribution in [-0.2, 0) is 13.1 Å². The highest BCUT2D eigenvalue weighted by molar-refractivity contribution is 5.85. The second-order valence-corrected chi connectivity index (χ2v) is 5.26. The average molecular weight is 400 g/mol. The molecule has 0 spiro atoms. The van der Waals surface area contributed by atoms with Crippen molar-refractivity contribution in [2.24, 2.45) is 5.73 Å². The molecule has 0 aliphatic carbocycles. The van der Waals surface area contributed by atoms with Crippen LogP contribution in [0.1, 0.15) is 11.7 Å². The van der Waals surface area contributed by atoms with Gasteiger partial charge in [0.05, 0.1) is 24.5 Å². The van der Waals surface area contributed by atoms with Crippen molar-refractivity contribution in [3.63, 3.8) is 0 Å². The molecule has 0 atom stereocenters. The Morgan fingerprint density at radius 3 is 2.24 bits per heavy atom. The van der Waals surface area contributed by atoms with Gasteiger partial charge in [0.25, 0.3) is 0 Å². The van der Waals surface area contributed by atoms with E-state index >= 15 is 0 Å². The average Bonchev–Trinajstić information content (AvgIpc) is 2.96. The van der Waals surface area contributed by atoms with E-state index < -0.39 is 12.7 Å². The van der Waals surface area contributed by atoms with Gasteiger partial charge in [0.2, 0.25) is 5.89 Å². The summed E-state index contributed by atoms with van der Waals surface area (Å²) in [6.45, 7) is 0.276. The first-order chi connectivity index (χ1) is 11.0. The van der Waals surface area contributed by atoms with E-state index in [4.69, 9.17) is 10.3 Å². The molecule has 0 radical (unpaired) electrons. The molecular formula is C14H18Cl2F3N5O. The highest BCUT2D eigenvalue weighted by Gasteiger charge is 2.34. The summed E-state index contributed by atoms with van der Waals surface area (Å²) in [7, 11) is 0. The monoisotopic (exact) mass is 399 g/mol. The molecule has 0 amide bonds. The van der Waals surface area contributed by atoms with E-state index in [1.165, 1.54) is 4.90 Å². The molecule has 11 heteroatoms. The number of nitrogens with two attached hydrogens (primary N) is 1. The van der Waals surface area contributed by atoms with Crippen molar-refractivity contribution in [1.82, 2.24) is 10.1 Å². The zero-order valence-electron chi connectivity index (χ0n) is 13.1. The van der Waals surface area contributed by atoms with E-state index in [9.17, 15) is 13.2 Å². The van der Waals surface area contributed by atoms with Gasteiger partial charge >= 0.3 is 6.18 Å². The fraction of sp³-hybridized carbons (Fsp3) is 0.429. The van der Waals surface area contributed by atoms with Crippen LogP contribution in [0.2, 0.25) is 0 Å². The predicted molar refractivity (Wildman–Crippen MR) is 92.4 cm³/mol. The first-order valence-electron chi connectivity index (χ1n) is 7.13. The van der Waals surface area contributed by atoms with Gasteiger partial charge in [0, 0.05) is 13.1 Å². The molecule has 0 fully saturated rings. The van der Waals surface area contributed by atoms with Gasteiger partial charge in [0.15, 0.2) is 5.82 Å². The molecule has 1 aromatic carbocycles. The summed E-state index contributed by atoms with van der Waals surface area (Å²) in [6, 6.07) is 7.01. The maximum atomic E-state index is 12.7. The van der Waals surface area contributed by atoms with Gasteiger partial charge < -0.3 is 20.1 Å². The maximum absolute atomic E-state index is 12.7. The fourth-order valence-electron chi connectivity index (χ4n) is 2.63. The third kappa shape index (κ3) is 5.13. The van der Waals surface area contributed by atoms with E-state index in [0.717, 1.165) is 5.69 Å². The molecule has 1 aliphatic rings. The van der Waals surface area contributed by atoms with Crippen molar-refractivity contribution in [3.8, 4) is 0 Å². The number of anilines is 2. The Labute approximate surface area is 155 Å². The number of rotatable bonds is 4. The Morgan fingerprint density at radius 1 is 1.08 bits per heavy atom. The van der Waals surface area contributed by atoms with E-state index in [2.05, 4.69) is 10.1 Å². The molecule has 2 N–H and O–H groups in total. The molecule has 6 nitrogen and oxygen atoms in total. The summed E-state index contributed by atoms with van der Waals surface area (Å²) in [5, 5.41) is 3.83. The van der Waals surface area contributed by atoms with Crippen LogP contribution in [0.5, 0.6) is 0 Å². The lowest BCUT2D eigenvalue weighted by Gasteiger charge is -2.38. The first-order valence-corrected chi connectivity index (χ1v) is 7.13. The minimum Gasteiger partial charge on any atom is -0.360 e. The van der Waals surface area contributed by atoms with Crippen molar-refractivity contribution >= 4 is 36.2 Å². The first kappa shape index (κ1) is 21.3. The van der Waals surface area contributed by atoms with Crippen LogP contribution in [0, 0.1) is 0 Å². The van der Waals surface area contributed by atoms with Gasteiger partial charge in [-0.1, -0.05) is 17.3 Å². The SMILES string of the molecule is Cl.Cl.NCc1nc(CN2CCN(CC(F)(F)F)c3ccccc32)no1. The molecular weight excluding hydrogens is 382 g/mol. The van der Waals surface area contributed by atoms with Crippen LogP contribution >= 0.6 is 24.8 Å². The van der Waals surface area contributed by atoms with Crippen molar-refractivity contribution in [2.45, 2.75) is 19.3 Å². The van der Waals surface area contributed by atoms with Gasteiger partial charge in [-0.3, -0.25) is 0 Å². The normalized spacial score (nSPS) is 13.8. The zero-order chi connectivity index (χ0) is 16.4. The van der Waals surface area contributed by atoms with E-state index in [1.807, 2.05) is 4.90 Å². The number of alkyl halides is 3. The molecule has 0 saturated carbocycles. The van der Waals surface area contributed by atoms with Gasteiger partial charge in [-0.25, -0.2) is 0 Å². The van der Waals surface area contributed by atoms with Gasteiger partial charge in [-0.05, 0) is 12.1 Å². The molecule has 2 heterocycles. The van der Waals surface area contributed by atoms with Crippen molar-refractivity contribution in [2.75, 3.05) is 29.4 Å². The van der Waals surface area contributed by atoms with Crippen LogP contribution < -0.4 is 15.5 Å². The Morgan fingerprint density at radius 2 is 1.68 bits per heavy atom. The molecule has 0 unspecified atom stereocenters. The minimum atomic E-state index is -4.24. The van der Waals surface area contributed by atoms with Gasteiger partial charge in [0.1, 0.15) is 6.54 Å². The van der Waals surface area contributed by atoms with Crippen molar-refractivity contribution in [3.05, 3.63) is 36.0 Å². The van der Waals surface area contributed by atoms with E-state index in [0.29, 0.717) is 30.5 Å². The Bertz CT molecular complexity index is 682. The van der Waals surface area contributed by atoms with Crippen LogP contribution in [0.4, 0.5) is 24.5 Å². The number of aromatic nitrogens is 2. The second kappa shape index (κ2) is 8.59. The summed E-state index contributed by atoms with van der Waals surface area (Å²) in [4.78, 5) is 7.41. The molecule has 140 valence electrons. The Balaban J connectivity index is 0.00000156. The van der Waals surface area contributed by atoms with Crippen LogP contribution in [0.15, 0.2) is 28.8 Å². The lowest BCUT2D eigenvalue weighted by Crippen LogP contribution is -2.44. The number of benzene rings is 1. The lowest BCUT2D eigenvalue weighted by atomic mass is 10.1. The fourth-order valence-corrected chi connectivity index (χ4v) is 2.63. The van der Waals surface area contributed by atoms with Crippen LogP contribution in [-0.4, -0.2) is 36.0 Å². The van der Waals surface area contributed by atoms with Gasteiger partial charge in [-0.15, -0.1) is 24.8 Å². The van der Waals surface area contributed by atoms with Crippen molar-refractivity contribution in [1.29, 1.82) is 0 Å². The molecule has 3 rings (SSSR count). The molecule has 0 bridgehead atoms. The Kier molecular flexibility index (Phi) is 7.33. The Hall–Kier alpha value is -1.71. The molecule has 1 aromatic heterocycles. The summed E-state index contributed by atoms with van der Waals surface area (Å²) >= 11 is 0. The number of hydrogen-bond acceptors (Lipinski definition) is 6. The molecule has 2 aromatic rings. The summed E-state index contributed by atoms with van der Waals surface area (Å²) in [5.74, 6) is 0.800. The van der Waals surface area contributed by atoms with Gasteiger partial charge in [-0.2, -0.15) is 18.2 Å². The van der Waals surface area contributed by atoms with E-state index in [-0.39, 0.29) is 37.9 Å². The smallest absolute Gasteiger partial charge is 0.360 e. The number of halogens is 5. The lowest BCUT2D eigenvalue weighted by molar-refractivity contribution is -0.119. The molecule has 1 aliphatic heterocycles. The number of para-hydroxylation sites is 2. The molecule has 25 heavy (non-hydrogen) atoms. The topological polar surface area (TPSA) is 71.4 Å². The summed E-state index contributed by atoms with van der Waals surface area (Å²) < 4.78 is 43.1. The number of nitrogens with zero attached hydrogens (tertiary/aromatic N) is 4. The maximum Gasteiger partial charge on any atom is 0.405 e. The van der Waals surface area contributed by atoms with Crippen LogP contribution in [0.3, 0.4) is 0 Å². The highest BCUT2D eigenvalue weighted by Crippen LogP contribution is 2.35. The predicted octanol–water partition coefficient (Wildman–Crippen LogP) is 2.76. The number of hydrogen-bond donors (Lipinski definition) is 1. The quantitative estimate of drug-likeness (QED) is 0.851.